The summed E-state index contributed by atoms with van der Waals surface area (Å²) in [5.41, 5.74) is 0. The van der Waals surface area contributed by atoms with Gasteiger partial charge < -0.3 is 5.32 Å². The van der Waals surface area contributed by atoms with Crippen molar-refractivity contribution in [2.24, 2.45) is 13.0 Å². The Labute approximate surface area is 151 Å². The highest BCUT2D eigenvalue weighted by Gasteiger charge is 2.21. The number of amides is 1. The molecular weight excluding hydrogens is 326 g/mol. The molecule has 1 amide bonds. The maximum absolute atomic E-state index is 12.3. The monoisotopic (exact) mass is 357 g/mol. The Morgan fingerprint density at radius 1 is 1.38 bits per heavy atom. The van der Waals surface area contributed by atoms with Gasteiger partial charge in [0, 0.05) is 19.4 Å². The Kier molecular flexibility index (Phi) is 9.29. The van der Waals surface area contributed by atoms with Gasteiger partial charge in [0.1, 0.15) is 0 Å². The number of unbranched alkanes of at least 4 members (excludes halogenated alkanes) is 1. The first-order chi connectivity index (χ1) is 11.1. The lowest BCUT2D eigenvalue weighted by Gasteiger charge is -2.19. The van der Waals surface area contributed by atoms with Gasteiger partial charge in [0.05, 0.1) is 0 Å². The van der Waals surface area contributed by atoms with Crippen LogP contribution in [-0.2, 0) is 11.8 Å². The van der Waals surface area contributed by atoms with E-state index >= 15 is 0 Å². The molecule has 1 aliphatic heterocycles. The number of nitrogens with one attached hydrogen (secondary N) is 2. The summed E-state index contributed by atoms with van der Waals surface area (Å²) in [5.74, 6) is 2.37. The Morgan fingerprint density at radius 3 is 2.71 bits per heavy atom. The van der Waals surface area contributed by atoms with Crippen LogP contribution in [-0.4, -0.2) is 33.8 Å². The molecule has 24 heavy (non-hydrogen) atoms. The van der Waals surface area contributed by atoms with Gasteiger partial charge in [-0.2, -0.15) is 10.1 Å². The highest BCUT2D eigenvalue weighted by molar-refractivity contribution is 5.89. The lowest BCUT2D eigenvalue weighted by atomic mass is 9.95. The van der Waals surface area contributed by atoms with Gasteiger partial charge in [-0.05, 0) is 38.3 Å². The van der Waals surface area contributed by atoms with Gasteiger partial charge in [0.2, 0.25) is 11.9 Å². The number of hydrogen-bond acceptors (Lipinski definition) is 4. The molecular formula is C17H32ClN5O. The maximum atomic E-state index is 12.3. The number of aryl methyl sites for hydroxylation is 1. The third-order valence-electron chi connectivity index (χ3n) is 4.75. The van der Waals surface area contributed by atoms with Crippen LogP contribution in [0.4, 0.5) is 5.95 Å². The Balaban J connectivity index is 0.00000288. The fraction of sp³-hybridized carbons (Fsp3) is 0.824. The number of carbonyl (C=O) groups is 1. The van der Waals surface area contributed by atoms with Gasteiger partial charge in [-0.1, -0.05) is 33.1 Å². The summed E-state index contributed by atoms with van der Waals surface area (Å²) in [7, 11) is 1.85. The number of rotatable bonds is 8. The summed E-state index contributed by atoms with van der Waals surface area (Å²) < 4.78 is 1.70. The number of hydrogen-bond donors (Lipinski definition) is 2. The van der Waals surface area contributed by atoms with Crippen LogP contribution < -0.4 is 10.6 Å². The van der Waals surface area contributed by atoms with E-state index in [9.17, 15) is 4.79 Å². The molecule has 1 aromatic rings. The second-order valence-corrected chi connectivity index (χ2v) is 6.61. The van der Waals surface area contributed by atoms with Gasteiger partial charge in [0.15, 0.2) is 5.82 Å². The molecule has 138 valence electrons. The fourth-order valence-corrected chi connectivity index (χ4v) is 3.15. The van der Waals surface area contributed by atoms with Gasteiger partial charge >= 0.3 is 0 Å². The van der Waals surface area contributed by atoms with Crippen molar-refractivity contribution >= 4 is 24.3 Å². The summed E-state index contributed by atoms with van der Waals surface area (Å²) in [6.07, 6.45) is 7.24. The van der Waals surface area contributed by atoms with E-state index in [1.54, 1.807) is 4.68 Å². The molecule has 1 aliphatic rings. The lowest BCUT2D eigenvalue weighted by molar-refractivity contribution is -0.117. The van der Waals surface area contributed by atoms with Crippen LogP contribution in [0.3, 0.4) is 0 Å². The molecule has 6 nitrogen and oxygen atoms in total. The zero-order chi connectivity index (χ0) is 16.7. The summed E-state index contributed by atoms with van der Waals surface area (Å²) in [6, 6.07) is 0. The van der Waals surface area contributed by atoms with Gasteiger partial charge in [-0.3, -0.25) is 10.1 Å². The minimum Gasteiger partial charge on any atom is -0.317 e. The van der Waals surface area contributed by atoms with Crippen LogP contribution >= 0.6 is 12.4 Å². The Bertz CT molecular complexity index is 499. The summed E-state index contributed by atoms with van der Waals surface area (Å²) in [6.45, 7) is 6.38. The number of nitrogens with zero attached hydrogens (tertiary/aromatic N) is 3. The first-order valence-corrected chi connectivity index (χ1v) is 9.05. The molecule has 1 unspecified atom stereocenters. The second kappa shape index (κ2) is 10.7. The molecule has 0 bridgehead atoms. The number of carbonyl (C=O) groups excluding carboxylic acids is 1. The quantitative estimate of drug-likeness (QED) is 0.749. The van der Waals surface area contributed by atoms with Gasteiger partial charge in [0.25, 0.3) is 0 Å². The molecule has 0 aliphatic carbocycles. The maximum Gasteiger partial charge on any atom is 0.227 e. The minimum absolute atomic E-state index is 0. The van der Waals surface area contributed by atoms with Crippen molar-refractivity contribution in [2.75, 3.05) is 18.4 Å². The molecule has 1 atom stereocenters. The normalized spacial score (nSPS) is 16.5. The van der Waals surface area contributed by atoms with E-state index in [0.717, 1.165) is 44.6 Å². The number of anilines is 1. The van der Waals surface area contributed by atoms with Crippen molar-refractivity contribution in [3.63, 3.8) is 0 Å². The lowest BCUT2D eigenvalue weighted by Crippen LogP contribution is -2.27. The molecule has 2 heterocycles. The van der Waals surface area contributed by atoms with Crippen molar-refractivity contribution < 1.29 is 4.79 Å². The van der Waals surface area contributed by atoms with E-state index < -0.39 is 0 Å². The van der Waals surface area contributed by atoms with Crippen LogP contribution in [0, 0.1) is 5.92 Å². The summed E-state index contributed by atoms with van der Waals surface area (Å²) in [4.78, 5) is 16.8. The van der Waals surface area contributed by atoms with E-state index in [-0.39, 0.29) is 18.3 Å². The SMILES string of the molecule is CCCCC(CC)CC(=O)Nc1nc(C2CCNCC2)nn1C.Cl. The third kappa shape index (κ3) is 6.06. The average molecular weight is 358 g/mol. The van der Waals surface area contributed by atoms with E-state index in [4.69, 9.17) is 0 Å². The van der Waals surface area contributed by atoms with Crippen LogP contribution in [0.2, 0.25) is 0 Å². The summed E-state index contributed by atoms with van der Waals surface area (Å²) in [5, 5.41) is 10.8. The molecule has 0 spiro atoms. The molecule has 1 saturated heterocycles. The zero-order valence-corrected chi connectivity index (χ0v) is 16.0. The average Bonchev–Trinajstić information content (AvgIpc) is 2.93. The van der Waals surface area contributed by atoms with Crippen molar-refractivity contribution in [2.45, 2.75) is 64.7 Å². The molecule has 0 saturated carbocycles. The molecule has 2 N–H and O–H groups in total. The molecule has 1 fully saturated rings. The van der Waals surface area contributed by atoms with Crippen LogP contribution in [0.5, 0.6) is 0 Å². The Hall–Kier alpha value is -1.14. The van der Waals surface area contributed by atoms with Crippen LogP contribution in [0.15, 0.2) is 0 Å². The van der Waals surface area contributed by atoms with E-state index in [2.05, 4.69) is 34.6 Å². The molecule has 0 aromatic carbocycles. The largest absolute Gasteiger partial charge is 0.317 e. The first-order valence-electron chi connectivity index (χ1n) is 9.05. The van der Waals surface area contributed by atoms with Crippen LogP contribution in [0.25, 0.3) is 0 Å². The fourth-order valence-electron chi connectivity index (χ4n) is 3.15. The topological polar surface area (TPSA) is 71.8 Å². The number of piperidine rings is 1. The standard InChI is InChI=1S/C17H31N5O.ClH/c1-4-6-7-13(5-2)12-15(23)19-17-20-16(21-22(17)3)14-8-10-18-11-9-14;/h13-14,18H,4-12H2,1-3H3,(H,19,20,21,23);1H. The molecule has 7 heteroatoms. The number of halogens is 1. The smallest absolute Gasteiger partial charge is 0.227 e. The highest BCUT2D eigenvalue weighted by Crippen LogP contribution is 2.23. The molecule has 2 rings (SSSR count). The van der Waals surface area contributed by atoms with Crippen molar-refractivity contribution in [1.82, 2.24) is 20.1 Å². The van der Waals surface area contributed by atoms with Crippen LogP contribution in [0.1, 0.15) is 70.5 Å². The first kappa shape index (κ1) is 20.9. The third-order valence-corrected chi connectivity index (χ3v) is 4.75. The number of aromatic nitrogens is 3. The minimum atomic E-state index is 0. The molecule has 0 radical (unpaired) electrons. The van der Waals surface area contributed by atoms with Crippen molar-refractivity contribution in [3.05, 3.63) is 5.82 Å². The van der Waals surface area contributed by atoms with Gasteiger partial charge in [-0.15, -0.1) is 12.4 Å². The zero-order valence-electron chi connectivity index (χ0n) is 15.2. The summed E-state index contributed by atoms with van der Waals surface area (Å²) >= 11 is 0. The van der Waals surface area contributed by atoms with E-state index in [0.29, 0.717) is 24.2 Å². The Morgan fingerprint density at radius 2 is 2.08 bits per heavy atom. The van der Waals surface area contributed by atoms with Crippen molar-refractivity contribution in [1.29, 1.82) is 0 Å². The van der Waals surface area contributed by atoms with E-state index in [1.807, 2.05) is 7.05 Å². The van der Waals surface area contributed by atoms with Crippen molar-refractivity contribution in [3.8, 4) is 0 Å². The van der Waals surface area contributed by atoms with E-state index in [1.165, 1.54) is 12.8 Å². The van der Waals surface area contributed by atoms with Gasteiger partial charge in [-0.25, -0.2) is 4.68 Å². The highest BCUT2D eigenvalue weighted by atomic mass is 35.5. The second-order valence-electron chi connectivity index (χ2n) is 6.61. The predicted molar refractivity (Wildman–Crippen MR) is 99.6 cm³/mol. The predicted octanol–water partition coefficient (Wildman–Crippen LogP) is 3.25. The molecule has 1 aromatic heterocycles.